The lowest BCUT2D eigenvalue weighted by Gasteiger charge is -2.28. The molecule has 188 valence electrons. The summed E-state index contributed by atoms with van der Waals surface area (Å²) in [6.07, 6.45) is -4.64. The van der Waals surface area contributed by atoms with Crippen LogP contribution >= 0.6 is 0 Å². The summed E-state index contributed by atoms with van der Waals surface area (Å²) in [6.45, 7) is 2.74. The quantitative estimate of drug-likeness (QED) is 0.466. The van der Waals surface area contributed by atoms with Gasteiger partial charge in [0.25, 0.3) is 11.5 Å². The zero-order valence-corrected chi connectivity index (χ0v) is 19.3. The van der Waals surface area contributed by atoms with Gasteiger partial charge in [0.15, 0.2) is 0 Å². The van der Waals surface area contributed by atoms with Crippen LogP contribution < -0.4 is 27.2 Å². The molecule has 1 saturated heterocycles. The number of nitrogens with two attached hydrogens (primary N) is 2. The monoisotopic (exact) mass is 499 g/mol. The van der Waals surface area contributed by atoms with Gasteiger partial charge in [0.2, 0.25) is 5.91 Å². The standard InChI is InChI=1S/C25H24F3N5O3/c1-14(15-9-16(25(26,27)28)11-17(29)10-15)23-20(24(30)36)5-6-21(34)33(23)19-4-2-3-18(12-19)32-8-7-31-13-22(32)35/h2-6,9-12,14,31H,7-8,13,29H2,1H3,(H2,30,36)/t14-/m1/s1. The molecule has 0 bridgehead atoms. The molecular formula is C25H24F3N5O3. The van der Waals surface area contributed by atoms with Crippen molar-refractivity contribution < 1.29 is 22.8 Å². The molecule has 4 rings (SSSR count). The van der Waals surface area contributed by atoms with Crippen LogP contribution in [0.2, 0.25) is 0 Å². The molecular weight excluding hydrogens is 475 g/mol. The molecule has 0 aliphatic carbocycles. The lowest BCUT2D eigenvalue weighted by Crippen LogP contribution is -2.48. The predicted molar refractivity (Wildman–Crippen MR) is 129 cm³/mol. The first kappa shape index (κ1) is 25.0. The Bertz CT molecular complexity index is 1400. The summed E-state index contributed by atoms with van der Waals surface area (Å²) in [4.78, 5) is 39.4. The molecule has 3 aromatic rings. The maximum absolute atomic E-state index is 13.5. The van der Waals surface area contributed by atoms with Crippen molar-refractivity contribution in [1.82, 2.24) is 9.88 Å². The van der Waals surface area contributed by atoms with Crippen LogP contribution in [0.3, 0.4) is 0 Å². The number of primary amides is 1. The van der Waals surface area contributed by atoms with Gasteiger partial charge in [-0.05, 0) is 48.0 Å². The van der Waals surface area contributed by atoms with Crippen LogP contribution in [0.5, 0.6) is 0 Å². The number of aromatic nitrogens is 1. The van der Waals surface area contributed by atoms with Crippen molar-refractivity contribution in [2.75, 3.05) is 30.3 Å². The minimum Gasteiger partial charge on any atom is -0.399 e. The van der Waals surface area contributed by atoms with Gasteiger partial charge in [0.1, 0.15) is 0 Å². The van der Waals surface area contributed by atoms with E-state index in [1.165, 1.54) is 22.8 Å². The van der Waals surface area contributed by atoms with Gasteiger partial charge in [-0.15, -0.1) is 0 Å². The fourth-order valence-corrected chi connectivity index (χ4v) is 4.38. The molecule has 0 saturated carbocycles. The Hall–Kier alpha value is -4.12. The minimum atomic E-state index is -4.64. The molecule has 2 heterocycles. The maximum atomic E-state index is 13.5. The molecule has 0 unspecified atom stereocenters. The summed E-state index contributed by atoms with van der Waals surface area (Å²) >= 11 is 0. The fourth-order valence-electron chi connectivity index (χ4n) is 4.38. The van der Waals surface area contributed by atoms with Gasteiger partial charge in [0, 0.05) is 42.1 Å². The van der Waals surface area contributed by atoms with E-state index in [4.69, 9.17) is 11.5 Å². The average molecular weight is 499 g/mol. The Morgan fingerprint density at radius 1 is 1.06 bits per heavy atom. The Kier molecular flexibility index (Phi) is 6.59. The first-order valence-electron chi connectivity index (χ1n) is 11.1. The topological polar surface area (TPSA) is 123 Å². The highest BCUT2D eigenvalue weighted by atomic mass is 19.4. The zero-order chi connectivity index (χ0) is 26.2. The van der Waals surface area contributed by atoms with Gasteiger partial charge in [0.05, 0.1) is 23.4 Å². The SMILES string of the molecule is C[C@H](c1cc(N)cc(C(F)(F)F)c1)c1c(C(N)=O)ccc(=O)n1-c1cccc(N2CCNCC2=O)c1. The Morgan fingerprint density at radius 2 is 1.78 bits per heavy atom. The van der Waals surface area contributed by atoms with Crippen LogP contribution in [0.25, 0.3) is 5.69 Å². The number of nitrogens with one attached hydrogen (secondary N) is 1. The van der Waals surface area contributed by atoms with E-state index in [2.05, 4.69) is 5.32 Å². The highest BCUT2D eigenvalue weighted by Gasteiger charge is 2.32. The number of nitrogens with zero attached hydrogens (tertiary/aromatic N) is 2. The molecule has 0 radical (unpaired) electrons. The fraction of sp³-hybridized carbons (Fsp3) is 0.240. The first-order valence-corrected chi connectivity index (χ1v) is 11.1. The van der Waals surface area contributed by atoms with E-state index in [0.717, 1.165) is 12.1 Å². The second kappa shape index (κ2) is 9.50. The smallest absolute Gasteiger partial charge is 0.399 e. The number of carbonyl (C=O) groups excluding carboxylic acids is 2. The second-order valence-electron chi connectivity index (χ2n) is 8.52. The molecule has 2 amide bonds. The average Bonchev–Trinajstić information content (AvgIpc) is 2.82. The van der Waals surface area contributed by atoms with Crippen LogP contribution in [0.1, 0.15) is 40.0 Å². The van der Waals surface area contributed by atoms with Crippen molar-refractivity contribution in [3.05, 3.63) is 87.3 Å². The van der Waals surface area contributed by atoms with Crippen molar-refractivity contribution in [3.63, 3.8) is 0 Å². The molecule has 0 spiro atoms. The third-order valence-corrected chi connectivity index (χ3v) is 6.10. The number of hydrogen-bond donors (Lipinski definition) is 3. The molecule has 11 heteroatoms. The number of rotatable bonds is 5. The minimum absolute atomic E-state index is 0.0262. The predicted octanol–water partition coefficient (Wildman–Crippen LogP) is 2.63. The van der Waals surface area contributed by atoms with Crippen molar-refractivity contribution >= 4 is 23.2 Å². The normalized spacial score (nSPS) is 15.1. The number of nitrogen functional groups attached to an aromatic ring is 1. The molecule has 36 heavy (non-hydrogen) atoms. The van der Waals surface area contributed by atoms with Crippen LogP contribution in [-0.2, 0) is 11.0 Å². The summed E-state index contributed by atoms with van der Waals surface area (Å²) in [5.74, 6) is -1.88. The number of amides is 2. The van der Waals surface area contributed by atoms with E-state index in [1.54, 1.807) is 36.1 Å². The van der Waals surface area contributed by atoms with Gasteiger partial charge in [-0.1, -0.05) is 13.0 Å². The molecule has 1 aromatic heterocycles. The van der Waals surface area contributed by atoms with E-state index in [0.29, 0.717) is 24.5 Å². The summed E-state index contributed by atoms with van der Waals surface area (Å²) in [6, 6.07) is 12.1. The van der Waals surface area contributed by atoms with Gasteiger partial charge in [-0.25, -0.2) is 0 Å². The van der Waals surface area contributed by atoms with Crippen LogP contribution in [-0.4, -0.2) is 36.0 Å². The van der Waals surface area contributed by atoms with Crippen LogP contribution in [0.15, 0.2) is 59.4 Å². The highest BCUT2D eigenvalue weighted by molar-refractivity contribution is 5.96. The van der Waals surface area contributed by atoms with E-state index in [1.807, 2.05) is 0 Å². The summed E-state index contributed by atoms with van der Waals surface area (Å²) in [5, 5.41) is 2.98. The lowest BCUT2D eigenvalue weighted by atomic mass is 9.91. The van der Waals surface area contributed by atoms with E-state index in [-0.39, 0.29) is 35.0 Å². The molecule has 1 atom stereocenters. The van der Waals surface area contributed by atoms with Gasteiger partial charge >= 0.3 is 6.18 Å². The van der Waals surface area contributed by atoms with Crippen LogP contribution in [0.4, 0.5) is 24.5 Å². The number of halogens is 3. The lowest BCUT2D eigenvalue weighted by molar-refractivity contribution is -0.137. The molecule has 1 fully saturated rings. The Morgan fingerprint density at radius 3 is 2.44 bits per heavy atom. The van der Waals surface area contributed by atoms with Gasteiger partial charge < -0.3 is 21.7 Å². The molecule has 1 aliphatic heterocycles. The number of hydrogen-bond acceptors (Lipinski definition) is 5. The van der Waals surface area contributed by atoms with Crippen LogP contribution in [0, 0.1) is 0 Å². The maximum Gasteiger partial charge on any atom is 0.416 e. The Labute approximate surface area is 204 Å². The van der Waals surface area contributed by atoms with E-state index >= 15 is 0 Å². The van der Waals surface area contributed by atoms with E-state index in [9.17, 15) is 27.6 Å². The highest BCUT2D eigenvalue weighted by Crippen LogP contribution is 2.36. The molecule has 5 N–H and O–H groups in total. The number of benzene rings is 2. The zero-order valence-electron chi connectivity index (χ0n) is 19.3. The number of piperazine rings is 1. The molecule has 8 nitrogen and oxygen atoms in total. The van der Waals surface area contributed by atoms with Crippen molar-refractivity contribution in [3.8, 4) is 5.69 Å². The first-order chi connectivity index (χ1) is 17.0. The third kappa shape index (κ3) is 4.82. The second-order valence-corrected chi connectivity index (χ2v) is 8.52. The van der Waals surface area contributed by atoms with Gasteiger partial charge in [-0.3, -0.25) is 19.0 Å². The van der Waals surface area contributed by atoms with Crippen molar-refractivity contribution in [2.24, 2.45) is 5.73 Å². The van der Waals surface area contributed by atoms with E-state index < -0.39 is 29.1 Å². The summed E-state index contributed by atoms with van der Waals surface area (Å²) in [5.41, 5.74) is 10.9. The number of carbonyl (C=O) groups is 2. The van der Waals surface area contributed by atoms with Crippen molar-refractivity contribution in [1.29, 1.82) is 0 Å². The van der Waals surface area contributed by atoms with Gasteiger partial charge in [-0.2, -0.15) is 13.2 Å². The number of alkyl halides is 3. The molecule has 1 aliphatic rings. The summed E-state index contributed by atoms with van der Waals surface area (Å²) in [7, 11) is 0. The third-order valence-electron chi connectivity index (χ3n) is 6.10. The van der Waals surface area contributed by atoms with Crippen molar-refractivity contribution in [2.45, 2.75) is 19.0 Å². The largest absolute Gasteiger partial charge is 0.416 e. The molecule has 2 aromatic carbocycles. The Balaban J connectivity index is 1.92. The number of anilines is 2. The number of pyridine rings is 1. The summed E-state index contributed by atoms with van der Waals surface area (Å²) < 4.78 is 41.6.